The number of aliphatic hydroxyl groups excluding tert-OH is 1. The molecule has 1 saturated heterocycles. The first-order valence-corrected chi connectivity index (χ1v) is 7.75. The molecule has 2 aliphatic rings. The number of benzene rings is 1. The summed E-state index contributed by atoms with van der Waals surface area (Å²) in [6.45, 7) is 4.37. The Morgan fingerprint density at radius 2 is 2.00 bits per heavy atom. The highest BCUT2D eigenvalue weighted by molar-refractivity contribution is 6.00. The molecule has 1 aromatic carbocycles. The summed E-state index contributed by atoms with van der Waals surface area (Å²) >= 11 is 0. The zero-order valence-electron chi connectivity index (χ0n) is 12.9. The summed E-state index contributed by atoms with van der Waals surface area (Å²) in [6.07, 6.45) is 0.853. The van der Waals surface area contributed by atoms with Gasteiger partial charge in [0, 0.05) is 11.7 Å². The van der Waals surface area contributed by atoms with E-state index in [0.717, 1.165) is 12.1 Å². The summed E-state index contributed by atoms with van der Waals surface area (Å²) in [7, 11) is 0. The van der Waals surface area contributed by atoms with E-state index in [9.17, 15) is 14.7 Å². The lowest BCUT2D eigenvalue weighted by Crippen LogP contribution is -2.42. The summed E-state index contributed by atoms with van der Waals surface area (Å²) in [5.41, 5.74) is 1.27. The molecule has 5 heteroatoms. The second kappa shape index (κ2) is 5.72. The van der Waals surface area contributed by atoms with Crippen molar-refractivity contribution in [2.24, 2.45) is 11.8 Å². The third-order valence-electron chi connectivity index (χ3n) is 4.35. The molecule has 2 fully saturated rings. The summed E-state index contributed by atoms with van der Waals surface area (Å²) in [5, 5.41) is 9.77. The Kier molecular flexibility index (Phi) is 3.91. The number of piperidine rings is 1. The number of nitrogens with zero attached hydrogens (tertiary/aromatic N) is 1. The van der Waals surface area contributed by atoms with Crippen LogP contribution in [0, 0.1) is 11.8 Å². The monoisotopic (exact) mass is 303 g/mol. The zero-order valence-corrected chi connectivity index (χ0v) is 12.9. The van der Waals surface area contributed by atoms with E-state index in [1.54, 1.807) is 29.2 Å². The molecule has 1 amide bonds. The van der Waals surface area contributed by atoms with Crippen LogP contribution < -0.4 is 4.90 Å². The standard InChI is InChI=1S/C17H21NO4/c1-10(2)9-22-17(21)11-3-5-12(6-4-11)18-13-7-14(16(18)20)15(19)8-13/h3-6,10,13-15,19H,7-9H2,1-2H3/t13-,14+,15+/m0/s1. The van der Waals surface area contributed by atoms with Crippen LogP contribution >= 0.6 is 0 Å². The minimum Gasteiger partial charge on any atom is -0.462 e. The van der Waals surface area contributed by atoms with Gasteiger partial charge in [0.1, 0.15) is 0 Å². The van der Waals surface area contributed by atoms with Gasteiger partial charge in [-0.25, -0.2) is 4.79 Å². The Morgan fingerprint density at radius 1 is 1.32 bits per heavy atom. The van der Waals surface area contributed by atoms with Gasteiger partial charge in [-0.05, 0) is 43.0 Å². The van der Waals surface area contributed by atoms with E-state index in [1.807, 2.05) is 13.8 Å². The predicted molar refractivity (Wildman–Crippen MR) is 81.6 cm³/mol. The molecule has 1 heterocycles. The Morgan fingerprint density at radius 3 is 2.55 bits per heavy atom. The zero-order chi connectivity index (χ0) is 15.9. The Labute approximate surface area is 129 Å². The van der Waals surface area contributed by atoms with Crippen LogP contribution in [-0.4, -0.2) is 35.7 Å². The summed E-state index contributed by atoms with van der Waals surface area (Å²) < 4.78 is 5.19. The fourth-order valence-corrected chi connectivity index (χ4v) is 3.25. The van der Waals surface area contributed by atoms with Crippen LogP contribution in [0.15, 0.2) is 24.3 Å². The van der Waals surface area contributed by atoms with Gasteiger partial charge in [-0.3, -0.25) is 4.79 Å². The molecule has 3 rings (SSSR count). The van der Waals surface area contributed by atoms with E-state index in [4.69, 9.17) is 4.74 Å². The number of amides is 1. The van der Waals surface area contributed by atoms with Gasteiger partial charge in [0.2, 0.25) is 5.91 Å². The molecule has 22 heavy (non-hydrogen) atoms. The van der Waals surface area contributed by atoms with Crippen LogP contribution in [0.5, 0.6) is 0 Å². The molecule has 1 N–H and O–H groups in total. The van der Waals surface area contributed by atoms with Gasteiger partial charge < -0.3 is 14.7 Å². The molecule has 1 aromatic rings. The van der Waals surface area contributed by atoms with Gasteiger partial charge in [-0.2, -0.15) is 0 Å². The topological polar surface area (TPSA) is 66.8 Å². The first-order chi connectivity index (χ1) is 10.5. The Hall–Kier alpha value is -1.88. The third kappa shape index (κ3) is 2.61. The van der Waals surface area contributed by atoms with Crippen LogP contribution in [-0.2, 0) is 9.53 Å². The number of aliphatic hydroxyl groups is 1. The number of rotatable bonds is 4. The second-order valence-electron chi connectivity index (χ2n) is 6.55. The molecule has 118 valence electrons. The van der Waals surface area contributed by atoms with Crippen molar-refractivity contribution in [3.8, 4) is 0 Å². The maximum atomic E-state index is 12.2. The Balaban J connectivity index is 1.70. The van der Waals surface area contributed by atoms with Crippen molar-refractivity contribution in [2.75, 3.05) is 11.5 Å². The SMILES string of the molecule is CC(C)COC(=O)c1ccc(N2C(=O)[C@@H]3C[C@H]2C[C@H]3O)cc1. The highest BCUT2D eigenvalue weighted by atomic mass is 16.5. The van der Waals surface area contributed by atoms with E-state index in [2.05, 4.69) is 0 Å². The fraction of sp³-hybridized carbons (Fsp3) is 0.529. The lowest BCUT2D eigenvalue weighted by atomic mass is 10.0. The fourth-order valence-electron chi connectivity index (χ4n) is 3.25. The van der Waals surface area contributed by atoms with Crippen molar-refractivity contribution < 1.29 is 19.4 Å². The molecule has 1 aliphatic heterocycles. The number of hydrogen-bond donors (Lipinski definition) is 1. The molecule has 0 unspecified atom stereocenters. The van der Waals surface area contributed by atoms with E-state index >= 15 is 0 Å². The molecule has 1 aliphatic carbocycles. The maximum absolute atomic E-state index is 12.2. The molecular formula is C17H21NO4. The molecule has 0 aromatic heterocycles. The average molecular weight is 303 g/mol. The highest BCUT2D eigenvalue weighted by Gasteiger charge is 2.50. The lowest BCUT2D eigenvalue weighted by molar-refractivity contribution is -0.124. The highest BCUT2D eigenvalue weighted by Crippen LogP contribution is 2.41. The molecule has 1 saturated carbocycles. The van der Waals surface area contributed by atoms with E-state index < -0.39 is 6.10 Å². The van der Waals surface area contributed by atoms with E-state index in [1.165, 1.54) is 0 Å². The minimum atomic E-state index is -0.501. The van der Waals surface area contributed by atoms with Gasteiger partial charge in [0.05, 0.1) is 24.2 Å². The normalized spacial score (nSPS) is 26.8. The second-order valence-corrected chi connectivity index (χ2v) is 6.55. The first-order valence-electron chi connectivity index (χ1n) is 7.75. The van der Waals surface area contributed by atoms with Gasteiger partial charge in [0.15, 0.2) is 0 Å². The number of hydrogen-bond acceptors (Lipinski definition) is 4. The minimum absolute atomic E-state index is 0.0149. The summed E-state index contributed by atoms with van der Waals surface area (Å²) in [4.78, 5) is 25.9. The molecule has 2 bridgehead atoms. The third-order valence-corrected chi connectivity index (χ3v) is 4.35. The van der Waals surface area contributed by atoms with Crippen molar-refractivity contribution in [2.45, 2.75) is 38.8 Å². The number of esters is 1. The molecule has 0 spiro atoms. The van der Waals surface area contributed by atoms with Crippen LogP contribution in [0.3, 0.4) is 0 Å². The van der Waals surface area contributed by atoms with E-state index in [-0.39, 0.29) is 23.8 Å². The number of carbonyl (C=O) groups excluding carboxylic acids is 2. The van der Waals surface area contributed by atoms with Gasteiger partial charge in [0.25, 0.3) is 0 Å². The van der Waals surface area contributed by atoms with Crippen molar-refractivity contribution in [1.82, 2.24) is 0 Å². The summed E-state index contributed by atoms with van der Waals surface area (Å²) in [6, 6.07) is 7.00. The van der Waals surface area contributed by atoms with Crippen LogP contribution in [0.25, 0.3) is 0 Å². The van der Waals surface area contributed by atoms with Crippen LogP contribution in [0.1, 0.15) is 37.0 Å². The van der Waals surface area contributed by atoms with Crippen LogP contribution in [0.2, 0.25) is 0 Å². The summed E-state index contributed by atoms with van der Waals surface area (Å²) in [5.74, 6) is -0.322. The Bertz CT molecular complexity index is 581. The van der Waals surface area contributed by atoms with Gasteiger partial charge >= 0.3 is 5.97 Å². The van der Waals surface area contributed by atoms with Crippen molar-refractivity contribution in [3.05, 3.63) is 29.8 Å². The van der Waals surface area contributed by atoms with Gasteiger partial charge in [-0.1, -0.05) is 13.8 Å². The van der Waals surface area contributed by atoms with Crippen molar-refractivity contribution in [3.63, 3.8) is 0 Å². The van der Waals surface area contributed by atoms with E-state index in [0.29, 0.717) is 24.5 Å². The molecule has 3 atom stereocenters. The number of anilines is 1. The van der Waals surface area contributed by atoms with Crippen LogP contribution in [0.4, 0.5) is 5.69 Å². The van der Waals surface area contributed by atoms with Gasteiger partial charge in [-0.15, -0.1) is 0 Å². The molecular weight excluding hydrogens is 282 g/mol. The largest absolute Gasteiger partial charge is 0.462 e. The predicted octanol–water partition coefficient (Wildman–Crippen LogP) is 1.99. The maximum Gasteiger partial charge on any atom is 0.338 e. The molecule has 5 nitrogen and oxygen atoms in total. The first kappa shape index (κ1) is 15.0. The molecule has 0 radical (unpaired) electrons. The smallest absolute Gasteiger partial charge is 0.338 e. The van der Waals surface area contributed by atoms with Crippen molar-refractivity contribution >= 4 is 17.6 Å². The number of fused-ring (bicyclic) bond motifs is 2. The average Bonchev–Trinajstić information content (AvgIpc) is 3.01. The number of ether oxygens (including phenoxy) is 1. The lowest BCUT2D eigenvalue weighted by Gasteiger charge is -2.29. The van der Waals surface area contributed by atoms with Crippen molar-refractivity contribution in [1.29, 1.82) is 0 Å². The quantitative estimate of drug-likeness (QED) is 0.864. The number of carbonyl (C=O) groups is 2.